The number of piperidine rings is 1. The van der Waals surface area contributed by atoms with E-state index in [9.17, 15) is 19.8 Å². The van der Waals surface area contributed by atoms with E-state index in [1.807, 2.05) is 49.4 Å². The second-order valence-corrected chi connectivity index (χ2v) is 9.33. The predicted octanol–water partition coefficient (Wildman–Crippen LogP) is 5.98. The van der Waals surface area contributed by atoms with Crippen molar-refractivity contribution in [3.8, 4) is 0 Å². The zero-order valence-corrected chi connectivity index (χ0v) is 20.2. The number of amides is 1. The van der Waals surface area contributed by atoms with Gasteiger partial charge in [0, 0.05) is 10.0 Å². The fourth-order valence-corrected chi connectivity index (χ4v) is 4.50. The highest BCUT2D eigenvalue weighted by Gasteiger charge is 2.48. The van der Waals surface area contributed by atoms with Gasteiger partial charge >= 0.3 is 5.97 Å². The maximum absolute atomic E-state index is 13.3. The molecule has 174 valence electrons. The lowest BCUT2D eigenvalue weighted by Gasteiger charge is -2.48. The average molecular weight is 480 g/mol. The van der Waals surface area contributed by atoms with E-state index in [4.69, 9.17) is 23.2 Å². The average Bonchev–Trinajstić information content (AvgIpc) is 2.73. The molecule has 3 rings (SSSR count). The van der Waals surface area contributed by atoms with Gasteiger partial charge in [-0.25, -0.2) is 0 Å². The monoisotopic (exact) mass is 479 g/mol. The molecule has 1 saturated heterocycles. The Morgan fingerprint density at radius 1 is 1.12 bits per heavy atom. The van der Waals surface area contributed by atoms with Crippen molar-refractivity contribution in [1.82, 2.24) is 4.90 Å². The van der Waals surface area contributed by atoms with E-state index in [1.165, 1.54) is 0 Å². The molecule has 1 fully saturated rings. The minimum atomic E-state index is -0.981. The summed E-state index contributed by atoms with van der Waals surface area (Å²) in [4.78, 5) is 26.2. The quantitative estimate of drug-likeness (QED) is 0.533. The fourth-order valence-electron chi connectivity index (χ4n) is 4.23. The van der Waals surface area contributed by atoms with Crippen molar-refractivity contribution < 1.29 is 19.8 Å². The van der Waals surface area contributed by atoms with E-state index in [0.717, 1.165) is 10.6 Å². The summed E-state index contributed by atoms with van der Waals surface area (Å²) in [5.74, 6) is -1.18. The van der Waals surface area contributed by atoms with E-state index in [2.05, 4.69) is 0 Å². The highest BCUT2D eigenvalue weighted by atomic mass is 35.5. The number of nitrogens with zero attached hydrogens (tertiary/aromatic N) is 1. The largest absolute Gasteiger partial charge is 0.481 e. The molecular weight excluding hydrogens is 449 g/mol. The number of rotatable bonds is 6. The van der Waals surface area contributed by atoms with Gasteiger partial charge in [-0.1, -0.05) is 67.4 Å². The number of hydrogen-bond acceptors (Lipinski definition) is 3. The van der Waals surface area contributed by atoms with Gasteiger partial charge < -0.3 is 15.1 Å². The molecule has 7 heteroatoms. The van der Waals surface area contributed by atoms with Crippen LogP contribution in [-0.4, -0.2) is 39.1 Å². The van der Waals surface area contributed by atoms with Crippen LogP contribution in [-0.2, 0) is 9.59 Å². The number of benzene rings is 2. The van der Waals surface area contributed by atoms with Crippen LogP contribution in [0.15, 0.2) is 54.6 Å². The molecule has 0 saturated carbocycles. The van der Waals surface area contributed by atoms with Gasteiger partial charge in [-0.15, -0.1) is 0 Å². The third-order valence-corrected chi connectivity index (χ3v) is 6.42. The van der Waals surface area contributed by atoms with Crippen molar-refractivity contribution >= 4 is 35.1 Å². The molecule has 0 radical (unpaired) electrons. The number of hydrogen-bond donors (Lipinski definition) is 2. The third kappa shape index (κ3) is 6.71. The molecule has 1 aliphatic rings. The van der Waals surface area contributed by atoms with Gasteiger partial charge in [-0.3, -0.25) is 9.59 Å². The van der Waals surface area contributed by atoms with Crippen LogP contribution in [0.1, 0.15) is 58.1 Å². The summed E-state index contributed by atoms with van der Waals surface area (Å²) in [6.07, 6.45) is 0.845. The van der Waals surface area contributed by atoms with E-state index in [0.29, 0.717) is 24.3 Å². The lowest BCUT2D eigenvalue weighted by atomic mass is 9.74. The molecule has 0 spiro atoms. The Labute approximate surface area is 200 Å². The van der Waals surface area contributed by atoms with Crippen LogP contribution in [0.2, 0.25) is 10.0 Å². The molecule has 2 aromatic carbocycles. The van der Waals surface area contributed by atoms with Crippen LogP contribution in [0.25, 0.3) is 0 Å². The minimum Gasteiger partial charge on any atom is -0.481 e. The number of aliphatic hydroxyl groups excluding tert-OH is 1. The Balaban J connectivity index is 0.000000439. The number of carbonyl (C=O) groups excluding carboxylic acids is 1. The molecule has 1 amide bonds. The van der Waals surface area contributed by atoms with Gasteiger partial charge in [0.25, 0.3) is 0 Å². The minimum absolute atomic E-state index is 0.189. The van der Waals surface area contributed by atoms with Gasteiger partial charge in [0.2, 0.25) is 5.91 Å². The summed E-state index contributed by atoms with van der Waals surface area (Å²) in [5, 5.41) is 20.8. The number of aliphatic hydroxyl groups is 1. The second-order valence-electron chi connectivity index (χ2n) is 8.46. The molecule has 2 N–H and O–H groups in total. The summed E-state index contributed by atoms with van der Waals surface area (Å²) in [6.45, 7) is 5.31. The maximum atomic E-state index is 13.3. The number of likely N-dealkylation sites (tertiary alicyclic amines) is 1. The van der Waals surface area contributed by atoms with Crippen molar-refractivity contribution in [2.24, 2.45) is 5.41 Å². The van der Waals surface area contributed by atoms with Crippen molar-refractivity contribution in [3.05, 3.63) is 70.2 Å². The molecule has 4 atom stereocenters. The number of carboxylic acid groups (broad SMARTS) is 1. The maximum Gasteiger partial charge on any atom is 0.304 e. The SMILES string of the molecule is CC[C@@H]([C@@H](C)O)N1C(=O)[C@@](C)(CC(=O)O)CC[C@H]1c1ccc(Cl)cc1.Clc1ccccc1. The molecule has 32 heavy (non-hydrogen) atoms. The number of halogens is 2. The molecule has 1 aliphatic heterocycles. The Morgan fingerprint density at radius 3 is 2.12 bits per heavy atom. The highest BCUT2D eigenvalue weighted by Crippen LogP contribution is 2.44. The molecular formula is C25H31Cl2NO4. The third-order valence-electron chi connectivity index (χ3n) is 5.92. The summed E-state index contributed by atoms with van der Waals surface area (Å²) in [5.41, 5.74) is 0.00563. The summed E-state index contributed by atoms with van der Waals surface area (Å²) < 4.78 is 0. The van der Waals surface area contributed by atoms with Crippen LogP contribution in [0, 0.1) is 5.41 Å². The van der Waals surface area contributed by atoms with Crippen LogP contribution in [0.5, 0.6) is 0 Å². The topological polar surface area (TPSA) is 77.8 Å². The molecule has 2 aromatic rings. The van der Waals surface area contributed by atoms with Crippen LogP contribution in [0.4, 0.5) is 0 Å². The van der Waals surface area contributed by atoms with Crippen LogP contribution < -0.4 is 0 Å². The molecule has 5 nitrogen and oxygen atoms in total. The fraction of sp³-hybridized carbons (Fsp3) is 0.440. The van der Waals surface area contributed by atoms with Crippen molar-refractivity contribution in [1.29, 1.82) is 0 Å². The van der Waals surface area contributed by atoms with Gasteiger partial charge in [-0.05, 0) is 56.0 Å². The molecule has 0 aromatic heterocycles. The van der Waals surface area contributed by atoms with Crippen molar-refractivity contribution in [2.45, 2.75) is 64.6 Å². The van der Waals surface area contributed by atoms with Gasteiger partial charge in [-0.2, -0.15) is 0 Å². The van der Waals surface area contributed by atoms with E-state index in [-0.39, 0.29) is 24.4 Å². The lowest BCUT2D eigenvalue weighted by molar-refractivity contribution is -0.161. The van der Waals surface area contributed by atoms with Crippen molar-refractivity contribution in [2.75, 3.05) is 0 Å². The normalized spacial score (nSPS) is 22.5. The van der Waals surface area contributed by atoms with Crippen LogP contribution >= 0.6 is 23.2 Å². The number of carboxylic acids is 1. The number of aliphatic carboxylic acids is 1. The Morgan fingerprint density at radius 2 is 1.69 bits per heavy atom. The van der Waals surface area contributed by atoms with E-state index in [1.54, 1.807) is 30.9 Å². The Hall–Kier alpha value is -2.08. The predicted molar refractivity (Wildman–Crippen MR) is 128 cm³/mol. The second kappa shape index (κ2) is 11.7. The van der Waals surface area contributed by atoms with Gasteiger partial charge in [0.1, 0.15) is 0 Å². The molecule has 0 unspecified atom stereocenters. The van der Waals surface area contributed by atoms with E-state index < -0.39 is 17.5 Å². The van der Waals surface area contributed by atoms with Gasteiger partial charge in [0.15, 0.2) is 0 Å². The first kappa shape index (κ1) is 26.2. The molecule has 0 aliphatic carbocycles. The first-order valence-corrected chi connectivity index (χ1v) is 11.5. The van der Waals surface area contributed by atoms with Crippen molar-refractivity contribution in [3.63, 3.8) is 0 Å². The highest BCUT2D eigenvalue weighted by molar-refractivity contribution is 6.30. The first-order valence-electron chi connectivity index (χ1n) is 10.8. The van der Waals surface area contributed by atoms with Crippen LogP contribution in [0.3, 0.4) is 0 Å². The lowest BCUT2D eigenvalue weighted by Crippen LogP contribution is -2.56. The summed E-state index contributed by atoms with van der Waals surface area (Å²) in [6, 6.07) is 16.2. The van der Waals surface area contributed by atoms with E-state index >= 15 is 0 Å². The number of carbonyl (C=O) groups is 2. The standard InChI is InChI=1S/C19H26ClNO4.C6H5Cl/c1-4-15(12(2)22)21-16(13-5-7-14(20)8-6-13)9-10-19(3,18(21)25)11-17(23)24;7-6-4-2-1-3-5-6/h5-8,12,15-16,22H,4,9-11H2,1-3H3,(H,23,24);1-5H/t12-,15+,16+,19-;/m1./s1. The summed E-state index contributed by atoms with van der Waals surface area (Å²) in [7, 11) is 0. The first-order chi connectivity index (χ1) is 15.1. The summed E-state index contributed by atoms with van der Waals surface area (Å²) >= 11 is 11.5. The molecule has 0 bridgehead atoms. The zero-order chi connectivity index (χ0) is 23.9. The van der Waals surface area contributed by atoms with Gasteiger partial charge in [0.05, 0.1) is 30.0 Å². The Bertz CT molecular complexity index is 889. The zero-order valence-electron chi connectivity index (χ0n) is 18.7. The Kier molecular flexibility index (Phi) is 9.56. The molecule has 1 heterocycles. The smallest absolute Gasteiger partial charge is 0.304 e.